The van der Waals surface area contributed by atoms with E-state index in [2.05, 4.69) is 21.4 Å². The van der Waals surface area contributed by atoms with E-state index in [1.54, 1.807) is 30.3 Å². The molecule has 38 heavy (non-hydrogen) atoms. The Bertz CT molecular complexity index is 1570. The standard InChI is InChI=1S/C28H22Cl2N6O2/c1-17-13-21(22(15-31)18-8-10-20(29)11-9-18)23(30)14-24(17)34-27-26(36(37)38)28(33-16-32-27)35-12-4-6-19-5-2-3-7-25(19)35/h2-3,5,7-11,13-14,16,22H,4,6,12H2,1H3,(H,32,33,34). The Balaban J connectivity index is 1.52. The molecule has 8 nitrogen and oxygen atoms in total. The molecule has 0 spiro atoms. The number of para-hydroxylation sites is 1. The molecule has 4 aromatic rings. The predicted molar refractivity (Wildman–Crippen MR) is 149 cm³/mol. The number of benzene rings is 3. The van der Waals surface area contributed by atoms with Crippen molar-refractivity contribution in [3.8, 4) is 6.07 Å². The van der Waals surface area contributed by atoms with Crippen molar-refractivity contribution >= 4 is 51.9 Å². The highest BCUT2D eigenvalue weighted by Gasteiger charge is 2.30. The molecule has 5 rings (SSSR count). The number of hydrogen-bond acceptors (Lipinski definition) is 7. The fourth-order valence-corrected chi connectivity index (χ4v) is 5.15. The van der Waals surface area contributed by atoms with Crippen LogP contribution in [0, 0.1) is 28.4 Å². The van der Waals surface area contributed by atoms with Crippen molar-refractivity contribution in [1.82, 2.24) is 9.97 Å². The highest BCUT2D eigenvalue weighted by molar-refractivity contribution is 6.32. The lowest BCUT2D eigenvalue weighted by Crippen LogP contribution is -2.26. The lowest BCUT2D eigenvalue weighted by Gasteiger charge is -2.30. The first kappa shape index (κ1) is 25.5. The van der Waals surface area contributed by atoms with Gasteiger partial charge >= 0.3 is 5.69 Å². The van der Waals surface area contributed by atoms with Crippen LogP contribution in [0.3, 0.4) is 0 Å². The number of hydrogen-bond donors (Lipinski definition) is 1. The molecule has 190 valence electrons. The van der Waals surface area contributed by atoms with E-state index in [1.165, 1.54) is 6.33 Å². The lowest BCUT2D eigenvalue weighted by atomic mass is 9.91. The molecule has 0 aliphatic carbocycles. The maximum atomic E-state index is 12.3. The van der Waals surface area contributed by atoms with Gasteiger partial charge in [-0.15, -0.1) is 0 Å². The molecule has 3 aromatic carbocycles. The van der Waals surface area contributed by atoms with Gasteiger partial charge in [-0.2, -0.15) is 5.26 Å². The number of anilines is 4. The highest BCUT2D eigenvalue weighted by Crippen LogP contribution is 2.41. The highest BCUT2D eigenvalue weighted by atomic mass is 35.5. The molecule has 1 unspecified atom stereocenters. The third-order valence-electron chi connectivity index (χ3n) is 6.59. The number of nitro groups is 1. The maximum Gasteiger partial charge on any atom is 0.354 e. The molecular weight excluding hydrogens is 523 g/mol. The zero-order valence-corrected chi connectivity index (χ0v) is 21.9. The second-order valence-electron chi connectivity index (χ2n) is 8.96. The van der Waals surface area contributed by atoms with Gasteiger partial charge in [-0.05, 0) is 66.3 Å². The molecule has 1 aromatic heterocycles. The summed E-state index contributed by atoms with van der Waals surface area (Å²) in [5, 5.41) is 26.2. The van der Waals surface area contributed by atoms with Gasteiger partial charge in [0.05, 0.1) is 16.9 Å². The van der Waals surface area contributed by atoms with E-state index in [1.807, 2.05) is 42.2 Å². The minimum atomic E-state index is -0.605. The van der Waals surface area contributed by atoms with Gasteiger partial charge in [0, 0.05) is 28.0 Å². The lowest BCUT2D eigenvalue weighted by molar-refractivity contribution is -0.383. The van der Waals surface area contributed by atoms with E-state index in [0.29, 0.717) is 27.8 Å². The molecule has 1 atom stereocenters. The van der Waals surface area contributed by atoms with Gasteiger partial charge in [-0.1, -0.05) is 59.6 Å². The number of fused-ring (bicyclic) bond motifs is 1. The fourth-order valence-electron chi connectivity index (χ4n) is 4.75. The van der Waals surface area contributed by atoms with Gasteiger partial charge in [-0.25, -0.2) is 9.97 Å². The molecule has 0 fully saturated rings. The van der Waals surface area contributed by atoms with Crippen molar-refractivity contribution in [1.29, 1.82) is 5.26 Å². The number of halogens is 2. The van der Waals surface area contributed by atoms with Gasteiger partial charge < -0.3 is 10.2 Å². The molecule has 1 aliphatic heterocycles. The third-order valence-corrected chi connectivity index (χ3v) is 7.17. The van der Waals surface area contributed by atoms with Crippen LogP contribution in [0.5, 0.6) is 0 Å². The van der Waals surface area contributed by atoms with Crippen LogP contribution in [-0.2, 0) is 6.42 Å². The molecule has 0 bridgehead atoms. The number of rotatable bonds is 6. The molecule has 0 amide bonds. The second kappa shape index (κ2) is 10.7. The van der Waals surface area contributed by atoms with Crippen LogP contribution >= 0.6 is 23.2 Å². The van der Waals surface area contributed by atoms with Crippen molar-refractivity contribution < 1.29 is 4.92 Å². The topological polar surface area (TPSA) is 108 Å². The first-order chi connectivity index (χ1) is 18.4. The molecule has 1 aliphatic rings. The number of nitrogens with one attached hydrogen (secondary N) is 1. The van der Waals surface area contributed by atoms with E-state index < -0.39 is 10.8 Å². The third kappa shape index (κ3) is 4.86. The molecule has 0 saturated heterocycles. The van der Waals surface area contributed by atoms with Crippen molar-refractivity contribution in [3.63, 3.8) is 0 Å². The summed E-state index contributed by atoms with van der Waals surface area (Å²) in [5.41, 5.74) is 4.47. The molecular formula is C28H22Cl2N6O2. The van der Waals surface area contributed by atoms with Crippen molar-refractivity contribution in [3.05, 3.63) is 109 Å². The first-order valence-electron chi connectivity index (χ1n) is 11.9. The molecule has 0 saturated carbocycles. The zero-order valence-electron chi connectivity index (χ0n) is 20.4. The Kier molecular flexibility index (Phi) is 7.14. The van der Waals surface area contributed by atoms with Crippen molar-refractivity contribution in [2.45, 2.75) is 25.7 Å². The summed E-state index contributed by atoms with van der Waals surface area (Å²) in [6, 6.07) is 20.7. The quantitative estimate of drug-likeness (QED) is 0.198. The van der Waals surface area contributed by atoms with E-state index in [9.17, 15) is 15.4 Å². The predicted octanol–water partition coefficient (Wildman–Crippen LogP) is 7.48. The van der Waals surface area contributed by atoms with E-state index in [4.69, 9.17) is 23.2 Å². The molecule has 1 N–H and O–H groups in total. The minimum absolute atomic E-state index is 0.0597. The summed E-state index contributed by atoms with van der Waals surface area (Å²) >= 11 is 12.6. The van der Waals surface area contributed by atoms with E-state index in [-0.39, 0.29) is 17.3 Å². The normalized spacial score (nSPS) is 13.4. The largest absolute Gasteiger partial charge is 0.354 e. The smallest absolute Gasteiger partial charge is 0.334 e. The summed E-state index contributed by atoms with van der Waals surface area (Å²) in [6.07, 6.45) is 3.07. The first-order valence-corrected chi connectivity index (χ1v) is 12.7. The van der Waals surface area contributed by atoms with Gasteiger partial charge in [0.1, 0.15) is 6.33 Å². The minimum Gasteiger partial charge on any atom is -0.334 e. The van der Waals surface area contributed by atoms with Crippen LogP contribution in [0.2, 0.25) is 10.0 Å². The maximum absolute atomic E-state index is 12.3. The number of nitriles is 1. The van der Waals surface area contributed by atoms with Crippen LogP contribution < -0.4 is 10.2 Å². The molecule has 10 heteroatoms. The van der Waals surface area contributed by atoms with Crippen LogP contribution in [0.25, 0.3) is 0 Å². The van der Waals surface area contributed by atoms with Gasteiger partial charge in [0.25, 0.3) is 0 Å². The Morgan fingerprint density at radius 2 is 1.89 bits per heavy atom. The monoisotopic (exact) mass is 544 g/mol. The molecule has 0 radical (unpaired) electrons. The zero-order chi connectivity index (χ0) is 26.8. The number of aryl methyl sites for hydroxylation is 2. The fraction of sp³-hybridized carbons (Fsp3) is 0.179. The summed E-state index contributed by atoms with van der Waals surface area (Å²) in [6.45, 7) is 2.45. The van der Waals surface area contributed by atoms with Crippen LogP contribution in [-0.4, -0.2) is 21.4 Å². The Morgan fingerprint density at radius 1 is 1.13 bits per heavy atom. The summed E-state index contributed by atoms with van der Waals surface area (Å²) in [7, 11) is 0. The van der Waals surface area contributed by atoms with Crippen LogP contribution in [0.15, 0.2) is 67.0 Å². The summed E-state index contributed by atoms with van der Waals surface area (Å²) < 4.78 is 0. The van der Waals surface area contributed by atoms with Crippen molar-refractivity contribution in [2.24, 2.45) is 0 Å². The van der Waals surface area contributed by atoms with E-state index in [0.717, 1.165) is 35.2 Å². The van der Waals surface area contributed by atoms with Crippen molar-refractivity contribution in [2.75, 3.05) is 16.8 Å². The average molecular weight is 545 g/mol. The SMILES string of the molecule is Cc1cc(C(C#N)c2ccc(Cl)cc2)c(Cl)cc1Nc1ncnc(N2CCCc3ccccc32)c1[N+](=O)[O-]. The van der Waals surface area contributed by atoms with Gasteiger partial charge in [0.2, 0.25) is 11.6 Å². The Morgan fingerprint density at radius 3 is 2.63 bits per heavy atom. The summed E-state index contributed by atoms with van der Waals surface area (Å²) in [5.74, 6) is -0.316. The van der Waals surface area contributed by atoms with E-state index >= 15 is 0 Å². The van der Waals surface area contributed by atoms with Gasteiger partial charge in [-0.3, -0.25) is 10.1 Å². The van der Waals surface area contributed by atoms with Gasteiger partial charge in [0.15, 0.2) is 0 Å². The number of aromatic nitrogens is 2. The summed E-state index contributed by atoms with van der Waals surface area (Å²) in [4.78, 5) is 22.2. The number of nitrogens with zero attached hydrogens (tertiary/aromatic N) is 5. The molecule has 2 heterocycles. The van der Waals surface area contributed by atoms with Crippen LogP contribution in [0.4, 0.5) is 28.7 Å². The van der Waals surface area contributed by atoms with Crippen LogP contribution in [0.1, 0.15) is 34.6 Å². The average Bonchev–Trinajstić information content (AvgIpc) is 2.92. The second-order valence-corrected chi connectivity index (χ2v) is 9.81. The Labute approximate surface area is 229 Å². The Hall–Kier alpha value is -4.19.